The molecule has 0 fully saturated rings. The van der Waals surface area contributed by atoms with Crippen molar-refractivity contribution in [1.29, 1.82) is 0 Å². The first-order valence-corrected chi connectivity index (χ1v) is 7.64. The Bertz CT molecular complexity index is 704. The van der Waals surface area contributed by atoms with Gasteiger partial charge in [0.2, 0.25) is 0 Å². The van der Waals surface area contributed by atoms with E-state index in [1.54, 1.807) is 0 Å². The van der Waals surface area contributed by atoms with E-state index in [4.69, 9.17) is 5.11 Å². The van der Waals surface area contributed by atoms with Gasteiger partial charge in [0.15, 0.2) is 0 Å². The van der Waals surface area contributed by atoms with Crippen molar-refractivity contribution >= 4 is 22.5 Å². The normalized spacial score (nSPS) is 10.8. The molecule has 0 amide bonds. The molecule has 0 saturated carbocycles. The van der Waals surface area contributed by atoms with Crippen molar-refractivity contribution in [1.82, 2.24) is 0 Å². The topological polar surface area (TPSA) is 20.2 Å². The summed E-state index contributed by atoms with van der Waals surface area (Å²) in [5.74, 6) is 0.948. The van der Waals surface area contributed by atoms with Crippen LogP contribution in [0.5, 0.6) is 0 Å². The van der Waals surface area contributed by atoms with Gasteiger partial charge in [0.1, 0.15) is 0 Å². The first kappa shape index (κ1) is 13.2. The van der Waals surface area contributed by atoms with Crippen LogP contribution in [0.3, 0.4) is 0 Å². The zero-order chi connectivity index (χ0) is 13.8. The molecule has 0 radical (unpaired) electrons. The van der Waals surface area contributed by atoms with E-state index in [1.165, 1.54) is 21.2 Å². The molecule has 0 unspecified atom stereocenters. The van der Waals surface area contributed by atoms with Crippen LogP contribution in [0.2, 0.25) is 0 Å². The maximum Gasteiger partial charge on any atom is 0.0681 e. The second-order valence-corrected chi connectivity index (χ2v) is 5.82. The molecule has 3 rings (SSSR count). The van der Waals surface area contributed by atoms with Crippen LogP contribution in [0.1, 0.15) is 11.1 Å². The Morgan fingerprint density at radius 1 is 0.750 bits per heavy atom. The molecule has 0 aliphatic heterocycles. The number of hydrogen-bond acceptors (Lipinski definition) is 2. The van der Waals surface area contributed by atoms with Crippen molar-refractivity contribution in [3.63, 3.8) is 0 Å². The minimum Gasteiger partial charge on any atom is -0.392 e. The van der Waals surface area contributed by atoms with Crippen molar-refractivity contribution in [2.24, 2.45) is 0 Å². The highest BCUT2D eigenvalue weighted by atomic mass is 32.2. The average Bonchev–Trinajstić information content (AvgIpc) is 2.53. The van der Waals surface area contributed by atoms with Gasteiger partial charge in [0.05, 0.1) is 6.61 Å². The summed E-state index contributed by atoms with van der Waals surface area (Å²) in [7, 11) is 0. The molecule has 3 aromatic rings. The molecular formula is C18H16OS. The minimum atomic E-state index is 0.109. The number of rotatable bonds is 4. The van der Waals surface area contributed by atoms with E-state index in [0.29, 0.717) is 0 Å². The zero-order valence-corrected chi connectivity index (χ0v) is 11.9. The first-order chi connectivity index (χ1) is 9.85. The zero-order valence-electron chi connectivity index (χ0n) is 11.1. The van der Waals surface area contributed by atoms with Gasteiger partial charge in [-0.15, -0.1) is 11.8 Å². The first-order valence-electron chi connectivity index (χ1n) is 6.65. The second-order valence-electron chi connectivity index (χ2n) is 4.77. The Hall–Kier alpha value is -1.77. The van der Waals surface area contributed by atoms with Crippen molar-refractivity contribution < 1.29 is 5.11 Å². The maximum absolute atomic E-state index is 9.03. The largest absolute Gasteiger partial charge is 0.392 e. The molecule has 0 spiro atoms. The van der Waals surface area contributed by atoms with Gasteiger partial charge >= 0.3 is 0 Å². The lowest BCUT2D eigenvalue weighted by Gasteiger charge is -2.05. The summed E-state index contributed by atoms with van der Waals surface area (Å²) in [6, 6.07) is 23.1. The SMILES string of the molecule is OCc1ccc(CSc2ccc3ccccc3c2)cc1. The van der Waals surface area contributed by atoms with Crippen molar-refractivity contribution in [3.8, 4) is 0 Å². The fourth-order valence-corrected chi connectivity index (χ4v) is 3.07. The number of thioether (sulfide) groups is 1. The van der Waals surface area contributed by atoms with E-state index < -0.39 is 0 Å². The molecule has 0 atom stereocenters. The number of fused-ring (bicyclic) bond motifs is 1. The fraction of sp³-hybridized carbons (Fsp3) is 0.111. The maximum atomic E-state index is 9.03. The number of hydrogen-bond donors (Lipinski definition) is 1. The van der Waals surface area contributed by atoms with E-state index >= 15 is 0 Å². The standard InChI is InChI=1S/C18H16OS/c19-12-14-5-7-15(8-6-14)13-20-18-10-9-16-3-1-2-4-17(16)11-18/h1-11,19H,12-13H2. The van der Waals surface area contributed by atoms with Crippen LogP contribution in [-0.4, -0.2) is 5.11 Å². The fourth-order valence-electron chi connectivity index (χ4n) is 2.16. The van der Waals surface area contributed by atoms with Crippen molar-refractivity contribution in [2.75, 3.05) is 0 Å². The quantitative estimate of drug-likeness (QED) is 0.703. The van der Waals surface area contributed by atoms with Gasteiger partial charge < -0.3 is 5.11 Å². The molecule has 1 N–H and O–H groups in total. The molecule has 20 heavy (non-hydrogen) atoms. The third-order valence-corrected chi connectivity index (χ3v) is 4.40. The summed E-state index contributed by atoms with van der Waals surface area (Å²) < 4.78 is 0. The Morgan fingerprint density at radius 3 is 2.20 bits per heavy atom. The van der Waals surface area contributed by atoms with Crippen LogP contribution in [0.4, 0.5) is 0 Å². The van der Waals surface area contributed by atoms with E-state index in [9.17, 15) is 0 Å². The van der Waals surface area contributed by atoms with E-state index in [0.717, 1.165) is 11.3 Å². The molecule has 0 aromatic heterocycles. The van der Waals surface area contributed by atoms with Gasteiger partial charge in [-0.25, -0.2) is 0 Å². The Labute approximate surface area is 123 Å². The molecule has 2 heteroatoms. The van der Waals surface area contributed by atoms with Gasteiger partial charge in [-0.1, -0.05) is 54.6 Å². The Morgan fingerprint density at radius 2 is 1.45 bits per heavy atom. The lowest BCUT2D eigenvalue weighted by molar-refractivity contribution is 0.282. The molecule has 0 aliphatic rings. The van der Waals surface area contributed by atoms with Crippen LogP contribution in [0, 0.1) is 0 Å². The van der Waals surface area contributed by atoms with Crippen molar-refractivity contribution in [3.05, 3.63) is 77.9 Å². The Kier molecular flexibility index (Phi) is 4.05. The van der Waals surface area contributed by atoms with Crippen LogP contribution in [0.25, 0.3) is 10.8 Å². The summed E-state index contributed by atoms with van der Waals surface area (Å²) in [5.41, 5.74) is 2.24. The third-order valence-electron chi connectivity index (χ3n) is 3.33. The average molecular weight is 280 g/mol. The lowest BCUT2D eigenvalue weighted by Crippen LogP contribution is -1.85. The van der Waals surface area contributed by atoms with Crippen LogP contribution in [-0.2, 0) is 12.4 Å². The molecule has 0 bridgehead atoms. The third kappa shape index (κ3) is 3.03. The monoisotopic (exact) mass is 280 g/mol. The summed E-state index contributed by atoms with van der Waals surface area (Å²) in [5, 5.41) is 11.6. The van der Waals surface area contributed by atoms with E-state index in [2.05, 4.69) is 54.6 Å². The smallest absolute Gasteiger partial charge is 0.0681 e. The van der Waals surface area contributed by atoms with E-state index in [1.807, 2.05) is 23.9 Å². The van der Waals surface area contributed by atoms with E-state index in [-0.39, 0.29) is 6.61 Å². The van der Waals surface area contributed by atoms with Crippen molar-refractivity contribution in [2.45, 2.75) is 17.3 Å². The predicted octanol–water partition coefficient (Wildman–Crippen LogP) is 4.62. The highest BCUT2D eigenvalue weighted by molar-refractivity contribution is 7.98. The highest BCUT2D eigenvalue weighted by Crippen LogP contribution is 2.26. The molecule has 0 saturated heterocycles. The Balaban J connectivity index is 1.72. The minimum absolute atomic E-state index is 0.109. The second kappa shape index (κ2) is 6.12. The molecular weight excluding hydrogens is 264 g/mol. The van der Waals surface area contributed by atoms with Crippen LogP contribution >= 0.6 is 11.8 Å². The number of aliphatic hydroxyl groups is 1. The number of benzene rings is 3. The summed E-state index contributed by atoms with van der Waals surface area (Å²) in [6.45, 7) is 0.109. The molecule has 0 heterocycles. The predicted molar refractivity (Wildman–Crippen MR) is 85.9 cm³/mol. The van der Waals surface area contributed by atoms with Crippen LogP contribution < -0.4 is 0 Å². The van der Waals surface area contributed by atoms with Gasteiger partial charge in [-0.05, 0) is 34.0 Å². The van der Waals surface area contributed by atoms with Gasteiger partial charge in [0, 0.05) is 10.6 Å². The molecule has 3 aromatic carbocycles. The highest BCUT2D eigenvalue weighted by Gasteiger charge is 1.99. The molecule has 100 valence electrons. The van der Waals surface area contributed by atoms with Gasteiger partial charge in [0.25, 0.3) is 0 Å². The number of aliphatic hydroxyl groups excluding tert-OH is 1. The summed E-state index contributed by atoms with van der Waals surface area (Å²) in [4.78, 5) is 1.29. The molecule has 0 aliphatic carbocycles. The molecule has 1 nitrogen and oxygen atoms in total. The van der Waals surface area contributed by atoms with Gasteiger partial charge in [-0.3, -0.25) is 0 Å². The van der Waals surface area contributed by atoms with Gasteiger partial charge in [-0.2, -0.15) is 0 Å². The summed E-state index contributed by atoms with van der Waals surface area (Å²) in [6.07, 6.45) is 0. The summed E-state index contributed by atoms with van der Waals surface area (Å²) >= 11 is 1.84. The lowest BCUT2D eigenvalue weighted by atomic mass is 10.1. The van der Waals surface area contributed by atoms with Crippen LogP contribution in [0.15, 0.2) is 71.6 Å².